The maximum Gasteiger partial charge on any atom is 0.409 e. The molecule has 0 unspecified atom stereocenters. The summed E-state index contributed by atoms with van der Waals surface area (Å²) in [4.78, 5) is 39.9. The zero-order chi connectivity index (χ0) is 26.3. The van der Waals surface area contributed by atoms with Crippen LogP contribution >= 0.6 is 11.6 Å². The number of benzene rings is 2. The van der Waals surface area contributed by atoms with Crippen LogP contribution < -0.4 is 5.32 Å². The van der Waals surface area contributed by atoms with Gasteiger partial charge in [0.15, 0.2) is 12.0 Å². The Morgan fingerprint density at radius 3 is 2.73 bits per heavy atom. The molecular weight excluding hydrogens is 501 g/mol. The smallest absolute Gasteiger partial charge is 0.409 e. The minimum absolute atomic E-state index is 0.000639. The van der Waals surface area contributed by atoms with Crippen LogP contribution in [0.15, 0.2) is 48.7 Å². The summed E-state index contributed by atoms with van der Waals surface area (Å²) >= 11 is 5.88. The van der Waals surface area contributed by atoms with Gasteiger partial charge in [-0.3, -0.25) is 9.59 Å². The highest BCUT2D eigenvalue weighted by Crippen LogP contribution is 2.48. The van der Waals surface area contributed by atoms with E-state index >= 15 is 0 Å². The Bertz CT molecular complexity index is 1380. The van der Waals surface area contributed by atoms with Crippen molar-refractivity contribution in [2.24, 2.45) is 5.92 Å². The third kappa shape index (κ3) is 4.93. The van der Waals surface area contributed by atoms with Crippen molar-refractivity contribution in [3.63, 3.8) is 0 Å². The molecule has 2 aromatic carbocycles. The number of halogens is 2. The minimum Gasteiger partial charge on any atom is -0.425 e. The average Bonchev–Trinajstić information content (AvgIpc) is 3.37. The molecule has 2 fully saturated rings. The number of carbonyl (C=O) groups excluding carboxylic acids is 3. The van der Waals surface area contributed by atoms with Crippen LogP contribution in [0.1, 0.15) is 48.1 Å². The topological polar surface area (TPSA) is 101 Å². The summed E-state index contributed by atoms with van der Waals surface area (Å²) in [7, 11) is 0. The fraction of sp³-hybridized carbons (Fsp3) is 0.370. The Morgan fingerprint density at radius 2 is 1.97 bits per heavy atom. The lowest BCUT2D eigenvalue weighted by molar-refractivity contribution is -0.140. The van der Waals surface area contributed by atoms with Crippen LogP contribution in [0.3, 0.4) is 0 Å². The Morgan fingerprint density at radius 1 is 1.19 bits per heavy atom. The molecule has 2 amide bonds. The molecule has 1 aliphatic carbocycles. The molecule has 10 heteroatoms. The number of nitrogens with one attached hydrogen (secondary N) is 1. The van der Waals surface area contributed by atoms with Gasteiger partial charge < -0.3 is 24.6 Å². The molecule has 0 bridgehead atoms. The zero-order valence-electron chi connectivity index (χ0n) is 20.2. The van der Waals surface area contributed by atoms with Gasteiger partial charge in [-0.1, -0.05) is 41.9 Å². The zero-order valence-corrected chi connectivity index (χ0v) is 21.0. The third-order valence-corrected chi connectivity index (χ3v) is 7.42. The molecule has 2 heterocycles. The number of aliphatic hydroxyl groups is 1. The van der Waals surface area contributed by atoms with Crippen LogP contribution in [0.4, 0.5) is 9.18 Å². The van der Waals surface area contributed by atoms with Crippen LogP contribution in [-0.2, 0) is 16.1 Å². The molecule has 37 heavy (non-hydrogen) atoms. The Balaban J connectivity index is 1.30. The van der Waals surface area contributed by atoms with Crippen molar-refractivity contribution in [1.82, 2.24) is 14.8 Å². The second kappa shape index (κ2) is 10.1. The number of hydrogen-bond acceptors (Lipinski definition) is 5. The number of ether oxygens (including phenoxy) is 1. The first-order valence-electron chi connectivity index (χ1n) is 12.2. The van der Waals surface area contributed by atoms with Crippen molar-refractivity contribution in [3.8, 4) is 0 Å². The molecule has 4 atom stereocenters. The third-order valence-electron chi connectivity index (χ3n) is 7.13. The van der Waals surface area contributed by atoms with Crippen LogP contribution in [0.25, 0.3) is 10.9 Å². The summed E-state index contributed by atoms with van der Waals surface area (Å²) in [6.07, 6.45) is 1.54. The molecule has 2 aliphatic rings. The summed E-state index contributed by atoms with van der Waals surface area (Å²) in [5.41, 5.74) is 1.46. The van der Waals surface area contributed by atoms with Gasteiger partial charge in [-0.25, -0.2) is 9.18 Å². The Hall–Kier alpha value is -3.43. The van der Waals surface area contributed by atoms with E-state index in [9.17, 15) is 23.9 Å². The maximum atomic E-state index is 14.5. The highest BCUT2D eigenvalue weighted by Gasteiger charge is 2.55. The van der Waals surface area contributed by atoms with Gasteiger partial charge in [-0.15, -0.1) is 0 Å². The maximum absolute atomic E-state index is 14.5. The number of ketones is 1. The predicted molar refractivity (Wildman–Crippen MR) is 135 cm³/mol. The molecule has 8 nitrogen and oxygen atoms in total. The number of likely N-dealkylation sites (tertiary alicyclic amines) is 1. The molecule has 1 saturated heterocycles. The van der Waals surface area contributed by atoms with Crippen LogP contribution in [0, 0.1) is 11.7 Å². The van der Waals surface area contributed by atoms with Gasteiger partial charge in [0.1, 0.15) is 12.4 Å². The normalized spacial score (nSPS) is 21.0. The van der Waals surface area contributed by atoms with E-state index in [2.05, 4.69) is 5.32 Å². The Labute approximate surface area is 217 Å². The summed E-state index contributed by atoms with van der Waals surface area (Å²) < 4.78 is 21.9. The van der Waals surface area contributed by atoms with Crippen LogP contribution in [0.5, 0.6) is 0 Å². The first kappa shape index (κ1) is 25.2. The number of nitrogens with zero attached hydrogens (tertiary/aromatic N) is 2. The van der Waals surface area contributed by atoms with Crippen molar-refractivity contribution in [2.45, 2.75) is 51.0 Å². The van der Waals surface area contributed by atoms with Gasteiger partial charge in [0, 0.05) is 47.3 Å². The second-order valence-corrected chi connectivity index (χ2v) is 9.96. The number of piperidine rings is 1. The highest BCUT2D eigenvalue weighted by atomic mass is 35.5. The van der Waals surface area contributed by atoms with E-state index in [1.165, 1.54) is 19.1 Å². The molecule has 5 rings (SSSR count). The molecular formula is C27H27ClFN3O5. The molecule has 1 aromatic heterocycles. The summed E-state index contributed by atoms with van der Waals surface area (Å²) in [6.45, 7) is 1.20. The number of fused-ring (bicyclic) bond motifs is 2. The number of rotatable bonds is 8. The monoisotopic (exact) mass is 527 g/mol. The molecule has 3 aromatic rings. The summed E-state index contributed by atoms with van der Waals surface area (Å²) in [5, 5.41) is 12.7. The van der Waals surface area contributed by atoms with Crippen molar-refractivity contribution < 1.29 is 28.6 Å². The van der Waals surface area contributed by atoms with Crippen molar-refractivity contribution in [3.05, 3.63) is 70.6 Å². The van der Waals surface area contributed by atoms with Gasteiger partial charge >= 0.3 is 6.09 Å². The second-order valence-electron chi connectivity index (χ2n) is 9.56. The first-order valence-corrected chi connectivity index (χ1v) is 12.6. The van der Waals surface area contributed by atoms with Crippen LogP contribution in [0.2, 0.25) is 5.02 Å². The first-order chi connectivity index (χ1) is 17.8. The standard InChI is InChI=1S/C27H27ClFN3O5/c1-15(34)19-13-31(22-8-3-2-5-17(19)22)14-24(35)32-23-11-16(23)12-25(32)37-27(36)30-21(9-10-33)18-6-4-7-20(28)26(18)29/h2-8,13,16,21,23,25,33H,9-12,14H2,1H3,(H,30,36)/t16-,21-,23-,25+/m1/s1. The number of carbonyl (C=O) groups is 3. The van der Waals surface area contributed by atoms with Crippen molar-refractivity contribution in [1.29, 1.82) is 0 Å². The number of hydrogen-bond donors (Lipinski definition) is 2. The molecule has 2 N–H and O–H groups in total. The lowest BCUT2D eigenvalue weighted by atomic mass is 10.0. The van der Waals surface area contributed by atoms with E-state index in [0.29, 0.717) is 12.0 Å². The van der Waals surface area contributed by atoms with Gasteiger partial charge in [0.2, 0.25) is 5.91 Å². The molecule has 1 saturated carbocycles. The van der Waals surface area contributed by atoms with Crippen molar-refractivity contribution >= 4 is 40.3 Å². The van der Waals surface area contributed by atoms with E-state index in [-0.39, 0.29) is 53.8 Å². The van der Waals surface area contributed by atoms with Gasteiger partial charge in [-0.2, -0.15) is 0 Å². The fourth-order valence-electron chi connectivity index (χ4n) is 5.27. The number of aromatic nitrogens is 1. The number of alkyl carbamates (subject to hydrolysis) is 1. The van der Waals surface area contributed by atoms with E-state index in [4.69, 9.17) is 16.3 Å². The van der Waals surface area contributed by atoms with E-state index in [0.717, 1.165) is 17.3 Å². The number of para-hydroxylation sites is 1. The predicted octanol–water partition coefficient (Wildman–Crippen LogP) is 4.43. The van der Waals surface area contributed by atoms with E-state index in [1.54, 1.807) is 21.7 Å². The number of amides is 2. The molecule has 0 radical (unpaired) electrons. The lowest BCUT2D eigenvalue weighted by Crippen LogP contribution is -2.44. The summed E-state index contributed by atoms with van der Waals surface area (Å²) in [6, 6.07) is 11.0. The SMILES string of the molecule is CC(=O)c1cn(CC(=O)N2[C@@H](OC(=O)N[C@H](CCO)c3cccc(Cl)c3F)C[C@H]3C[C@H]32)c2ccccc12. The Kier molecular flexibility index (Phi) is 6.92. The molecule has 1 aliphatic heterocycles. The minimum atomic E-state index is -0.854. The molecule has 0 spiro atoms. The fourth-order valence-corrected chi connectivity index (χ4v) is 5.45. The average molecular weight is 528 g/mol. The van der Waals surface area contributed by atoms with Crippen LogP contribution in [-0.4, -0.2) is 51.2 Å². The number of aliphatic hydroxyl groups excluding tert-OH is 1. The largest absolute Gasteiger partial charge is 0.425 e. The highest BCUT2D eigenvalue weighted by molar-refractivity contribution is 6.30. The summed E-state index contributed by atoms with van der Waals surface area (Å²) in [5.74, 6) is -0.719. The van der Waals surface area contributed by atoms with Gasteiger partial charge in [-0.05, 0) is 37.8 Å². The number of Topliss-reactive ketones (excluding diaryl/α,β-unsaturated/α-hetero) is 1. The van der Waals surface area contributed by atoms with E-state index in [1.807, 2.05) is 24.3 Å². The van der Waals surface area contributed by atoms with Gasteiger partial charge in [0.25, 0.3) is 0 Å². The quantitative estimate of drug-likeness (QED) is 0.422. The lowest BCUT2D eigenvalue weighted by Gasteiger charge is -2.28. The van der Waals surface area contributed by atoms with E-state index < -0.39 is 24.2 Å². The van der Waals surface area contributed by atoms with Gasteiger partial charge in [0.05, 0.1) is 11.1 Å². The molecule has 194 valence electrons. The van der Waals surface area contributed by atoms with Crippen molar-refractivity contribution in [2.75, 3.05) is 6.61 Å².